The van der Waals surface area contributed by atoms with Crippen LogP contribution in [0.5, 0.6) is 0 Å². The molecule has 104 valence electrons. The summed E-state index contributed by atoms with van der Waals surface area (Å²) in [5.74, 6) is 0.180. The summed E-state index contributed by atoms with van der Waals surface area (Å²) in [5, 5.41) is 12.2. The molecule has 0 spiro atoms. The molecule has 1 aromatic carbocycles. The van der Waals surface area contributed by atoms with E-state index in [0.717, 1.165) is 42.3 Å². The van der Waals surface area contributed by atoms with Crippen LogP contribution in [-0.2, 0) is 0 Å². The van der Waals surface area contributed by atoms with Crippen LogP contribution in [0.15, 0.2) is 28.3 Å². The molecule has 0 aliphatic carbocycles. The molecule has 0 unspecified atom stereocenters. The van der Waals surface area contributed by atoms with Crippen LogP contribution >= 0.6 is 11.8 Å². The van der Waals surface area contributed by atoms with E-state index in [2.05, 4.69) is 22.0 Å². The summed E-state index contributed by atoms with van der Waals surface area (Å²) in [6.07, 6.45) is 2.00. The van der Waals surface area contributed by atoms with E-state index in [4.69, 9.17) is 10.9 Å². The van der Waals surface area contributed by atoms with Crippen molar-refractivity contribution in [2.24, 2.45) is 10.9 Å². The van der Waals surface area contributed by atoms with Gasteiger partial charge in [-0.25, -0.2) is 0 Å². The summed E-state index contributed by atoms with van der Waals surface area (Å²) in [6, 6.07) is 6.06. The Balaban J connectivity index is 2.39. The second-order valence-electron chi connectivity index (χ2n) is 4.63. The second-order valence-corrected chi connectivity index (χ2v) is 5.48. The Labute approximate surface area is 118 Å². The van der Waals surface area contributed by atoms with Gasteiger partial charge in [-0.1, -0.05) is 11.2 Å². The molecule has 1 aliphatic heterocycles. The van der Waals surface area contributed by atoms with Gasteiger partial charge in [0.25, 0.3) is 0 Å². The third-order valence-electron chi connectivity index (χ3n) is 3.43. The number of likely N-dealkylation sites (N-methyl/N-ethyl adjacent to an activating group) is 1. The highest BCUT2D eigenvalue weighted by Gasteiger charge is 2.20. The molecule has 19 heavy (non-hydrogen) atoms. The van der Waals surface area contributed by atoms with Gasteiger partial charge in [0.15, 0.2) is 5.84 Å². The van der Waals surface area contributed by atoms with Gasteiger partial charge in [-0.2, -0.15) is 0 Å². The fraction of sp³-hybridized carbons (Fsp3) is 0.462. The number of nitrogens with zero attached hydrogens (tertiary/aromatic N) is 3. The van der Waals surface area contributed by atoms with Gasteiger partial charge >= 0.3 is 0 Å². The van der Waals surface area contributed by atoms with Crippen molar-refractivity contribution in [3.63, 3.8) is 0 Å². The van der Waals surface area contributed by atoms with Gasteiger partial charge in [-0.15, -0.1) is 11.8 Å². The average molecular weight is 280 g/mol. The van der Waals surface area contributed by atoms with Gasteiger partial charge in [0, 0.05) is 36.8 Å². The molecule has 0 aromatic heterocycles. The van der Waals surface area contributed by atoms with Gasteiger partial charge < -0.3 is 20.7 Å². The number of oxime groups is 1. The van der Waals surface area contributed by atoms with Gasteiger partial charge in [-0.05, 0) is 25.4 Å². The molecular formula is C13H20N4OS. The molecule has 6 heteroatoms. The average Bonchev–Trinajstić information content (AvgIpc) is 2.46. The standard InChI is InChI=1S/C13H20N4OS/c1-16-6-8-17(9-7-16)10-4-3-5-11(19-2)12(10)13(14)15-18/h3-5,18H,6-9H2,1-2H3,(H2,14,15). The van der Waals surface area contributed by atoms with Crippen LogP contribution < -0.4 is 10.6 Å². The van der Waals surface area contributed by atoms with Gasteiger partial charge in [0.1, 0.15) is 0 Å². The van der Waals surface area contributed by atoms with Crippen molar-refractivity contribution < 1.29 is 5.21 Å². The van der Waals surface area contributed by atoms with E-state index in [1.54, 1.807) is 11.8 Å². The SMILES string of the molecule is CSc1cccc(N2CCN(C)CC2)c1/C(N)=N/O. The minimum absolute atomic E-state index is 0.180. The molecule has 0 atom stereocenters. The Morgan fingerprint density at radius 3 is 2.58 bits per heavy atom. The number of thioether (sulfide) groups is 1. The van der Waals surface area contributed by atoms with Crippen molar-refractivity contribution in [1.82, 2.24) is 4.90 Å². The van der Waals surface area contributed by atoms with Crippen molar-refractivity contribution in [2.75, 3.05) is 44.4 Å². The molecule has 0 radical (unpaired) electrons. The molecule has 1 heterocycles. The normalized spacial score (nSPS) is 17.8. The molecule has 2 rings (SSSR count). The molecule has 0 bridgehead atoms. The minimum Gasteiger partial charge on any atom is -0.409 e. The number of piperazine rings is 1. The monoisotopic (exact) mass is 280 g/mol. The van der Waals surface area contributed by atoms with Crippen LogP contribution in [0.25, 0.3) is 0 Å². The zero-order chi connectivity index (χ0) is 13.8. The van der Waals surface area contributed by atoms with E-state index in [9.17, 15) is 0 Å². The number of hydrogen-bond acceptors (Lipinski definition) is 5. The zero-order valence-electron chi connectivity index (χ0n) is 11.3. The van der Waals surface area contributed by atoms with Gasteiger partial charge in [0.2, 0.25) is 0 Å². The third-order valence-corrected chi connectivity index (χ3v) is 4.21. The lowest BCUT2D eigenvalue weighted by atomic mass is 10.1. The van der Waals surface area contributed by atoms with Crippen molar-refractivity contribution >= 4 is 23.3 Å². The lowest BCUT2D eigenvalue weighted by molar-refractivity contribution is 0.312. The smallest absolute Gasteiger partial charge is 0.173 e. The van der Waals surface area contributed by atoms with Crippen LogP contribution in [-0.4, -0.2) is 55.4 Å². The molecule has 1 aliphatic rings. The van der Waals surface area contributed by atoms with E-state index in [1.807, 2.05) is 24.5 Å². The second kappa shape index (κ2) is 6.16. The molecule has 1 fully saturated rings. The number of anilines is 1. The lowest BCUT2D eigenvalue weighted by Crippen LogP contribution is -2.45. The largest absolute Gasteiger partial charge is 0.409 e. The number of nitrogens with two attached hydrogens (primary N) is 1. The third kappa shape index (κ3) is 2.96. The number of hydrogen-bond donors (Lipinski definition) is 2. The van der Waals surface area contributed by atoms with Crippen LogP contribution in [0.3, 0.4) is 0 Å². The summed E-state index contributed by atoms with van der Waals surface area (Å²) in [5.41, 5.74) is 7.74. The van der Waals surface area contributed by atoms with Crippen LogP contribution in [0.2, 0.25) is 0 Å². The summed E-state index contributed by atoms with van der Waals surface area (Å²) >= 11 is 1.61. The van der Waals surface area contributed by atoms with E-state index in [1.165, 1.54) is 0 Å². The summed E-state index contributed by atoms with van der Waals surface area (Å²) in [7, 11) is 2.13. The highest BCUT2D eigenvalue weighted by molar-refractivity contribution is 7.98. The van der Waals surface area contributed by atoms with E-state index in [0.29, 0.717) is 0 Å². The number of amidine groups is 1. The Hall–Kier alpha value is -1.40. The Morgan fingerprint density at radius 2 is 2.00 bits per heavy atom. The van der Waals surface area contributed by atoms with Crippen molar-refractivity contribution in [1.29, 1.82) is 0 Å². The van der Waals surface area contributed by atoms with Crippen molar-refractivity contribution in [3.8, 4) is 0 Å². The first-order valence-electron chi connectivity index (χ1n) is 6.25. The number of benzene rings is 1. The Bertz CT molecular complexity index is 470. The highest BCUT2D eigenvalue weighted by atomic mass is 32.2. The molecule has 1 saturated heterocycles. The summed E-state index contributed by atoms with van der Waals surface area (Å²) in [6.45, 7) is 3.97. The minimum atomic E-state index is 0.180. The fourth-order valence-electron chi connectivity index (χ4n) is 2.31. The lowest BCUT2D eigenvalue weighted by Gasteiger charge is -2.35. The van der Waals surface area contributed by atoms with E-state index >= 15 is 0 Å². The predicted molar refractivity (Wildman–Crippen MR) is 80.4 cm³/mol. The fourth-order valence-corrected chi connectivity index (χ4v) is 2.94. The topological polar surface area (TPSA) is 65.1 Å². The van der Waals surface area contributed by atoms with Gasteiger partial charge in [0.05, 0.1) is 5.56 Å². The maximum absolute atomic E-state index is 9.00. The van der Waals surface area contributed by atoms with Crippen molar-refractivity contribution in [3.05, 3.63) is 23.8 Å². The summed E-state index contributed by atoms with van der Waals surface area (Å²) < 4.78 is 0. The molecule has 1 aromatic rings. The maximum Gasteiger partial charge on any atom is 0.173 e. The number of rotatable bonds is 3. The van der Waals surface area contributed by atoms with Crippen LogP contribution in [0.4, 0.5) is 5.69 Å². The predicted octanol–water partition coefficient (Wildman–Crippen LogP) is 1.25. The van der Waals surface area contributed by atoms with Crippen LogP contribution in [0, 0.1) is 0 Å². The first kappa shape index (κ1) is 14.0. The summed E-state index contributed by atoms with van der Waals surface area (Å²) in [4.78, 5) is 5.64. The highest BCUT2D eigenvalue weighted by Crippen LogP contribution is 2.30. The molecule has 5 nitrogen and oxygen atoms in total. The Morgan fingerprint density at radius 1 is 1.32 bits per heavy atom. The van der Waals surface area contributed by atoms with Gasteiger partial charge in [-0.3, -0.25) is 0 Å². The van der Waals surface area contributed by atoms with Crippen LogP contribution in [0.1, 0.15) is 5.56 Å². The molecule has 0 amide bonds. The first-order chi connectivity index (χ1) is 9.17. The quantitative estimate of drug-likeness (QED) is 0.287. The molecule has 3 N–H and O–H groups in total. The Kier molecular flexibility index (Phi) is 4.55. The zero-order valence-corrected chi connectivity index (χ0v) is 12.2. The van der Waals surface area contributed by atoms with E-state index in [-0.39, 0.29) is 5.84 Å². The van der Waals surface area contributed by atoms with Crippen molar-refractivity contribution in [2.45, 2.75) is 4.90 Å². The van der Waals surface area contributed by atoms with E-state index < -0.39 is 0 Å². The first-order valence-corrected chi connectivity index (χ1v) is 7.48. The molecular weight excluding hydrogens is 260 g/mol. The molecule has 0 saturated carbocycles. The maximum atomic E-state index is 9.00.